The Bertz CT molecular complexity index is 1990. The molecule has 6 heterocycles. The van der Waals surface area contributed by atoms with Gasteiger partial charge in [-0.1, -0.05) is 0 Å². The van der Waals surface area contributed by atoms with Gasteiger partial charge in [0.15, 0.2) is 5.82 Å². The van der Waals surface area contributed by atoms with E-state index in [9.17, 15) is 4.79 Å². The molecule has 1 amide bonds. The summed E-state index contributed by atoms with van der Waals surface area (Å²) in [6.45, 7) is 3.05. The number of amides is 1. The number of fused-ring (bicyclic) bond motifs is 4. The highest BCUT2D eigenvalue weighted by Crippen LogP contribution is 2.42. The number of rotatable bonds is 8. The molecule has 2 N–H and O–H groups in total. The third-order valence-corrected chi connectivity index (χ3v) is 10.5. The molecule has 9 rings (SSSR count). The largest absolute Gasteiger partial charge is 0.494 e. The van der Waals surface area contributed by atoms with Crippen LogP contribution in [0, 0.1) is 11.8 Å². The normalized spacial score (nSPS) is 22.6. The number of pyridine rings is 1. The van der Waals surface area contributed by atoms with E-state index in [1.807, 2.05) is 35.4 Å². The van der Waals surface area contributed by atoms with Gasteiger partial charge in [-0.25, -0.2) is 15.0 Å². The van der Waals surface area contributed by atoms with Gasteiger partial charge in [0.05, 0.1) is 31.5 Å². The third kappa shape index (κ3) is 4.26. The number of anilines is 1. The van der Waals surface area contributed by atoms with Crippen LogP contribution in [0.3, 0.4) is 0 Å². The third-order valence-electron chi connectivity index (χ3n) is 10.5. The number of hydrogen-bond donors (Lipinski definition) is 1. The quantitative estimate of drug-likeness (QED) is 0.275. The molecule has 5 aromatic rings. The highest BCUT2D eigenvalue weighted by atomic mass is 16.5. The summed E-state index contributed by atoms with van der Waals surface area (Å²) in [5, 5.41) is 1.09. The van der Waals surface area contributed by atoms with Crippen LogP contribution in [0.2, 0.25) is 0 Å². The zero-order valence-electron chi connectivity index (χ0n) is 26.0. The predicted molar refractivity (Wildman–Crippen MR) is 173 cm³/mol. The second-order valence-corrected chi connectivity index (χ2v) is 13.3. The van der Waals surface area contributed by atoms with Gasteiger partial charge < -0.3 is 34.1 Å². The number of ether oxygens (including phenoxy) is 2. The molecule has 2 saturated heterocycles. The number of carbonyl (C=O) groups excluding carboxylic acids is 1. The van der Waals surface area contributed by atoms with Gasteiger partial charge in [-0.05, 0) is 73.9 Å². The smallest absolute Gasteiger partial charge is 0.318 e. The van der Waals surface area contributed by atoms with Crippen LogP contribution in [-0.2, 0) is 6.54 Å². The molecule has 0 radical (unpaired) electrons. The first-order valence-electron chi connectivity index (χ1n) is 16.2. The predicted octanol–water partition coefficient (Wildman–Crippen LogP) is 3.89. The summed E-state index contributed by atoms with van der Waals surface area (Å²) in [6.07, 6.45) is 8.08. The molecule has 1 aromatic carbocycles. The van der Waals surface area contributed by atoms with E-state index in [1.165, 1.54) is 12.8 Å². The Hall–Kier alpha value is -4.71. The Labute approximate surface area is 266 Å². The summed E-state index contributed by atoms with van der Waals surface area (Å²) < 4.78 is 16.0. The number of piperidine rings is 1. The van der Waals surface area contributed by atoms with Gasteiger partial charge in [-0.2, -0.15) is 4.98 Å². The molecule has 12 nitrogen and oxygen atoms in total. The fourth-order valence-corrected chi connectivity index (χ4v) is 7.89. The van der Waals surface area contributed by atoms with Crippen molar-refractivity contribution in [3.63, 3.8) is 0 Å². The number of nitrogens with two attached hydrogens (primary N) is 1. The molecular formula is C34H37N9O3. The average Bonchev–Trinajstić information content (AvgIpc) is 3.41. The molecule has 0 spiro atoms. The Morgan fingerprint density at radius 1 is 0.978 bits per heavy atom. The van der Waals surface area contributed by atoms with E-state index in [0.29, 0.717) is 35.7 Å². The fourth-order valence-electron chi connectivity index (χ4n) is 7.89. The molecule has 2 aliphatic carbocycles. The minimum absolute atomic E-state index is 0.00137. The molecule has 2 bridgehead atoms. The van der Waals surface area contributed by atoms with Crippen molar-refractivity contribution >= 4 is 33.8 Å². The molecular weight excluding hydrogens is 582 g/mol. The topological polar surface area (TPSA) is 129 Å². The summed E-state index contributed by atoms with van der Waals surface area (Å²) in [4.78, 5) is 37.0. The van der Waals surface area contributed by atoms with E-state index in [-0.39, 0.29) is 24.0 Å². The number of aromatic nitrogens is 6. The number of nitrogens with zero attached hydrogens (tertiary/aromatic N) is 8. The van der Waals surface area contributed by atoms with Gasteiger partial charge in [0.25, 0.3) is 5.91 Å². The molecule has 4 fully saturated rings. The Kier molecular flexibility index (Phi) is 6.24. The van der Waals surface area contributed by atoms with E-state index >= 15 is 0 Å². The molecule has 46 heavy (non-hydrogen) atoms. The van der Waals surface area contributed by atoms with Crippen molar-refractivity contribution in [2.75, 3.05) is 38.8 Å². The number of imidazole rings is 1. The van der Waals surface area contributed by atoms with Gasteiger partial charge in [0.2, 0.25) is 0 Å². The van der Waals surface area contributed by atoms with Crippen molar-refractivity contribution in [3.05, 3.63) is 54.4 Å². The number of carbonyl (C=O) groups is 1. The molecule has 2 unspecified atom stereocenters. The fraction of sp³-hybridized carbons (Fsp3) is 0.441. The highest BCUT2D eigenvalue weighted by Gasteiger charge is 2.47. The molecule has 4 aromatic heterocycles. The van der Waals surface area contributed by atoms with Crippen molar-refractivity contribution in [2.45, 2.75) is 50.4 Å². The first kappa shape index (κ1) is 27.6. The van der Waals surface area contributed by atoms with Crippen LogP contribution >= 0.6 is 0 Å². The van der Waals surface area contributed by atoms with Crippen LogP contribution in [0.25, 0.3) is 33.6 Å². The van der Waals surface area contributed by atoms with Crippen LogP contribution in [0.15, 0.2) is 48.8 Å². The number of likely N-dealkylation sites (tertiary alicyclic amines) is 1. The van der Waals surface area contributed by atoms with Gasteiger partial charge >= 0.3 is 6.01 Å². The maximum atomic E-state index is 13.9. The first-order chi connectivity index (χ1) is 22.5. The zero-order chi connectivity index (χ0) is 31.1. The maximum absolute atomic E-state index is 13.9. The summed E-state index contributed by atoms with van der Waals surface area (Å²) in [5.74, 6) is 3.32. The highest BCUT2D eigenvalue weighted by molar-refractivity contribution is 6.00. The monoisotopic (exact) mass is 619 g/mol. The van der Waals surface area contributed by atoms with Crippen molar-refractivity contribution in [3.8, 4) is 23.3 Å². The van der Waals surface area contributed by atoms with E-state index < -0.39 is 0 Å². The van der Waals surface area contributed by atoms with Gasteiger partial charge in [0, 0.05) is 61.6 Å². The van der Waals surface area contributed by atoms with Crippen LogP contribution in [-0.4, -0.2) is 85.8 Å². The first-order valence-corrected chi connectivity index (χ1v) is 16.2. The van der Waals surface area contributed by atoms with E-state index in [0.717, 1.165) is 71.9 Å². The Morgan fingerprint density at radius 3 is 2.59 bits per heavy atom. The van der Waals surface area contributed by atoms with E-state index in [2.05, 4.69) is 36.1 Å². The summed E-state index contributed by atoms with van der Waals surface area (Å²) >= 11 is 0. The lowest BCUT2D eigenvalue weighted by Gasteiger charge is -2.41. The van der Waals surface area contributed by atoms with Crippen molar-refractivity contribution < 1.29 is 14.3 Å². The lowest BCUT2D eigenvalue weighted by Crippen LogP contribution is -2.48. The van der Waals surface area contributed by atoms with Crippen molar-refractivity contribution in [1.82, 2.24) is 34.0 Å². The minimum atomic E-state index is -0.00137. The molecule has 12 heteroatoms. The molecule has 4 aliphatic rings. The number of benzene rings is 1. The summed E-state index contributed by atoms with van der Waals surface area (Å²) in [7, 11) is 3.24. The average molecular weight is 620 g/mol. The van der Waals surface area contributed by atoms with Crippen LogP contribution in [0.1, 0.15) is 42.1 Å². The van der Waals surface area contributed by atoms with E-state index in [4.69, 9.17) is 25.2 Å². The number of methoxy groups -OCH3 is 2. The Morgan fingerprint density at radius 2 is 1.85 bits per heavy atom. The second-order valence-electron chi connectivity index (χ2n) is 13.3. The summed E-state index contributed by atoms with van der Waals surface area (Å²) in [6, 6.07) is 12.6. The standard InChI is InChI=1S/C34H37N9O3/c1-45-27-14-22(33(44)42-16-21-7-8-25(42)29(21)35)12-24-30(27)43(23-17-40(18-23)28-9-11-37-34(39-28)46-2)32(38-24)26-13-20-4-3-10-36-31(20)41(26)15-19-5-6-19/h3-4,9-14,19,21,23,25,29H,5-8,15-18,35H2,1-2H3/t21?,25?,29-/m1/s1. The lowest BCUT2D eigenvalue weighted by molar-refractivity contribution is 0.0700. The Balaban J connectivity index is 1.18. The van der Waals surface area contributed by atoms with Crippen molar-refractivity contribution in [2.24, 2.45) is 17.6 Å². The zero-order valence-corrected chi connectivity index (χ0v) is 26.0. The van der Waals surface area contributed by atoms with Gasteiger partial charge in [-0.15, -0.1) is 0 Å². The molecule has 2 aliphatic heterocycles. The minimum Gasteiger partial charge on any atom is -0.494 e. The van der Waals surface area contributed by atoms with Gasteiger partial charge in [-0.3, -0.25) is 4.79 Å². The molecule has 3 atom stereocenters. The molecule has 2 saturated carbocycles. The summed E-state index contributed by atoms with van der Waals surface area (Å²) in [5.41, 5.74) is 10.7. The van der Waals surface area contributed by atoms with Crippen LogP contribution in [0.4, 0.5) is 5.82 Å². The van der Waals surface area contributed by atoms with Crippen molar-refractivity contribution in [1.29, 1.82) is 0 Å². The van der Waals surface area contributed by atoms with Crippen LogP contribution in [0.5, 0.6) is 11.8 Å². The second kappa shape index (κ2) is 10.4. The van der Waals surface area contributed by atoms with Crippen LogP contribution < -0.4 is 20.1 Å². The van der Waals surface area contributed by atoms with Gasteiger partial charge in [0.1, 0.15) is 22.7 Å². The lowest BCUT2D eigenvalue weighted by atomic mass is 10.1. The van der Waals surface area contributed by atoms with E-state index in [1.54, 1.807) is 20.4 Å². The SMILES string of the molecule is COc1nccc(N2CC(n3c(-c4cc5cccnc5n4CC4CC4)nc4cc(C(=O)N5CC6CCC5[C@@H]6N)cc(OC)c43)C2)n1. The molecule has 236 valence electrons. The number of hydrogen-bond acceptors (Lipinski definition) is 9. The maximum Gasteiger partial charge on any atom is 0.318 e.